The fourth-order valence-electron chi connectivity index (χ4n) is 1.24. The molecular weight excluding hydrogens is 212 g/mol. The van der Waals surface area contributed by atoms with Crippen LogP contribution in [-0.2, 0) is 6.42 Å². The highest BCUT2D eigenvalue weighted by Gasteiger charge is 2.01. The summed E-state index contributed by atoms with van der Waals surface area (Å²) >= 11 is 5.65. The van der Waals surface area contributed by atoms with Gasteiger partial charge in [0, 0.05) is 12.1 Å². The van der Waals surface area contributed by atoms with E-state index in [9.17, 15) is 0 Å². The van der Waals surface area contributed by atoms with Crippen molar-refractivity contribution in [2.24, 2.45) is 0 Å². The Morgan fingerprint density at radius 3 is 2.87 bits per heavy atom. The largest absolute Gasteiger partial charge is 0.221 e. The van der Waals surface area contributed by atoms with Gasteiger partial charge in [-0.1, -0.05) is 0 Å². The van der Waals surface area contributed by atoms with Crippen molar-refractivity contribution in [3.63, 3.8) is 0 Å². The van der Waals surface area contributed by atoms with E-state index in [1.165, 1.54) is 0 Å². The molecule has 0 unspecified atom stereocenters. The minimum atomic E-state index is 0.602. The normalized spacial score (nSPS) is 10.5. The molecule has 0 N–H and O–H groups in total. The average molecular weight is 223 g/mol. The molecule has 4 nitrogen and oxygen atoms in total. The first kappa shape index (κ1) is 10.1. The number of hydrogen-bond acceptors (Lipinski definition) is 3. The van der Waals surface area contributed by atoms with Crippen LogP contribution in [0.2, 0.25) is 0 Å². The van der Waals surface area contributed by atoms with Crippen LogP contribution in [0.1, 0.15) is 11.3 Å². The van der Waals surface area contributed by atoms with Gasteiger partial charge in [0.15, 0.2) is 5.82 Å². The molecule has 0 spiro atoms. The Balaban J connectivity index is 2.25. The summed E-state index contributed by atoms with van der Waals surface area (Å²) in [5.41, 5.74) is 2.00. The summed E-state index contributed by atoms with van der Waals surface area (Å²) < 4.78 is 1.70. The van der Waals surface area contributed by atoms with Crippen LogP contribution < -0.4 is 0 Å². The average Bonchev–Trinajstić information content (AvgIpc) is 2.68. The molecule has 0 atom stereocenters. The summed E-state index contributed by atoms with van der Waals surface area (Å²) in [5.74, 6) is 1.33. The van der Waals surface area contributed by atoms with Crippen molar-refractivity contribution in [3.8, 4) is 5.82 Å². The Hall–Kier alpha value is -1.42. The standard InChI is InChI=1S/C10H11ClN4/c1-8-2-3-10(14-13-8)15-7-9(4-5-11)6-12-15/h2-3,6-7H,4-5H2,1H3. The zero-order chi connectivity index (χ0) is 10.7. The van der Waals surface area contributed by atoms with E-state index < -0.39 is 0 Å². The molecule has 15 heavy (non-hydrogen) atoms. The minimum absolute atomic E-state index is 0.602. The van der Waals surface area contributed by atoms with E-state index in [0.29, 0.717) is 5.88 Å². The number of alkyl halides is 1. The summed E-state index contributed by atoms with van der Waals surface area (Å²) in [6.07, 6.45) is 4.53. The first-order valence-corrected chi connectivity index (χ1v) is 5.23. The van der Waals surface area contributed by atoms with Gasteiger partial charge in [-0.2, -0.15) is 10.2 Å². The molecule has 2 rings (SSSR count). The topological polar surface area (TPSA) is 43.6 Å². The zero-order valence-corrected chi connectivity index (χ0v) is 9.15. The van der Waals surface area contributed by atoms with E-state index in [4.69, 9.17) is 11.6 Å². The van der Waals surface area contributed by atoms with Crippen molar-refractivity contribution >= 4 is 11.6 Å². The molecule has 0 aliphatic heterocycles. The first-order valence-electron chi connectivity index (χ1n) is 4.70. The van der Waals surface area contributed by atoms with Crippen LogP contribution in [-0.4, -0.2) is 25.9 Å². The zero-order valence-electron chi connectivity index (χ0n) is 8.39. The third-order valence-electron chi connectivity index (χ3n) is 2.04. The minimum Gasteiger partial charge on any atom is -0.221 e. The van der Waals surface area contributed by atoms with Crippen LogP contribution in [0, 0.1) is 6.92 Å². The highest BCUT2D eigenvalue weighted by atomic mass is 35.5. The van der Waals surface area contributed by atoms with Gasteiger partial charge in [0.05, 0.1) is 11.9 Å². The van der Waals surface area contributed by atoms with Crippen molar-refractivity contribution < 1.29 is 0 Å². The van der Waals surface area contributed by atoms with Crippen molar-refractivity contribution in [1.82, 2.24) is 20.0 Å². The molecule has 0 aromatic carbocycles. The van der Waals surface area contributed by atoms with E-state index >= 15 is 0 Å². The van der Waals surface area contributed by atoms with Gasteiger partial charge in [0.25, 0.3) is 0 Å². The predicted octanol–water partition coefficient (Wildman–Crippen LogP) is 1.75. The first-order chi connectivity index (χ1) is 7.29. The maximum absolute atomic E-state index is 5.65. The molecule has 2 aromatic rings. The van der Waals surface area contributed by atoms with Crippen molar-refractivity contribution in [2.75, 3.05) is 5.88 Å². The van der Waals surface area contributed by atoms with Gasteiger partial charge >= 0.3 is 0 Å². The van der Waals surface area contributed by atoms with E-state index in [1.807, 2.05) is 25.3 Å². The molecule has 0 saturated heterocycles. The Morgan fingerprint density at radius 2 is 2.20 bits per heavy atom. The van der Waals surface area contributed by atoms with Crippen LogP contribution >= 0.6 is 11.6 Å². The van der Waals surface area contributed by atoms with E-state index in [-0.39, 0.29) is 0 Å². The summed E-state index contributed by atoms with van der Waals surface area (Å²) in [5, 5.41) is 12.2. The molecule has 0 fully saturated rings. The smallest absolute Gasteiger partial charge is 0.175 e. The lowest BCUT2D eigenvalue weighted by molar-refractivity contribution is 0.805. The number of aryl methyl sites for hydroxylation is 2. The van der Waals surface area contributed by atoms with Gasteiger partial charge in [0.2, 0.25) is 0 Å². The Bertz CT molecular complexity index is 435. The highest BCUT2D eigenvalue weighted by Crippen LogP contribution is 2.06. The van der Waals surface area contributed by atoms with Gasteiger partial charge in [-0.15, -0.1) is 16.7 Å². The second-order valence-electron chi connectivity index (χ2n) is 3.27. The fraction of sp³-hybridized carbons (Fsp3) is 0.300. The third kappa shape index (κ3) is 2.33. The quantitative estimate of drug-likeness (QED) is 0.744. The molecule has 0 aliphatic carbocycles. The second kappa shape index (κ2) is 4.40. The highest BCUT2D eigenvalue weighted by molar-refractivity contribution is 6.17. The molecular formula is C10H11ClN4. The number of hydrogen-bond donors (Lipinski definition) is 0. The second-order valence-corrected chi connectivity index (χ2v) is 3.64. The number of halogens is 1. The summed E-state index contributed by atoms with van der Waals surface area (Å²) in [4.78, 5) is 0. The van der Waals surface area contributed by atoms with Crippen LogP contribution in [0.15, 0.2) is 24.5 Å². The number of nitrogens with zero attached hydrogens (tertiary/aromatic N) is 4. The van der Waals surface area contributed by atoms with Gasteiger partial charge in [-0.3, -0.25) is 0 Å². The molecule has 0 saturated carbocycles. The van der Waals surface area contributed by atoms with Gasteiger partial charge in [-0.25, -0.2) is 4.68 Å². The fourth-order valence-corrected chi connectivity index (χ4v) is 1.46. The van der Waals surface area contributed by atoms with E-state index in [0.717, 1.165) is 23.5 Å². The van der Waals surface area contributed by atoms with Crippen molar-refractivity contribution in [3.05, 3.63) is 35.8 Å². The lowest BCUT2D eigenvalue weighted by atomic mass is 10.3. The molecule has 78 valence electrons. The molecule has 5 heteroatoms. The molecule has 0 bridgehead atoms. The molecule has 0 radical (unpaired) electrons. The van der Waals surface area contributed by atoms with Crippen LogP contribution in [0.25, 0.3) is 5.82 Å². The molecule has 0 amide bonds. The molecule has 2 aromatic heterocycles. The third-order valence-corrected chi connectivity index (χ3v) is 2.23. The van der Waals surface area contributed by atoms with Crippen LogP contribution in [0.4, 0.5) is 0 Å². The predicted molar refractivity (Wildman–Crippen MR) is 58.3 cm³/mol. The molecule has 0 aliphatic rings. The van der Waals surface area contributed by atoms with Crippen molar-refractivity contribution in [2.45, 2.75) is 13.3 Å². The van der Waals surface area contributed by atoms with Crippen LogP contribution in [0.5, 0.6) is 0 Å². The number of rotatable bonds is 3. The Kier molecular flexibility index (Phi) is 2.97. The molecule has 2 heterocycles. The summed E-state index contributed by atoms with van der Waals surface area (Å²) in [7, 11) is 0. The van der Waals surface area contributed by atoms with Gasteiger partial charge in [-0.05, 0) is 31.0 Å². The van der Waals surface area contributed by atoms with Gasteiger partial charge in [0.1, 0.15) is 0 Å². The number of aromatic nitrogens is 4. The Labute approximate surface area is 92.9 Å². The maximum Gasteiger partial charge on any atom is 0.175 e. The maximum atomic E-state index is 5.65. The SMILES string of the molecule is Cc1ccc(-n2cc(CCCl)cn2)nn1. The van der Waals surface area contributed by atoms with Crippen molar-refractivity contribution in [1.29, 1.82) is 0 Å². The summed E-state index contributed by atoms with van der Waals surface area (Å²) in [6.45, 7) is 1.90. The lowest BCUT2D eigenvalue weighted by Gasteiger charge is -1.98. The van der Waals surface area contributed by atoms with Gasteiger partial charge < -0.3 is 0 Å². The van der Waals surface area contributed by atoms with E-state index in [2.05, 4.69) is 15.3 Å². The lowest BCUT2D eigenvalue weighted by Crippen LogP contribution is -1.99. The van der Waals surface area contributed by atoms with E-state index in [1.54, 1.807) is 10.9 Å². The monoisotopic (exact) mass is 222 g/mol. The van der Waals surface area contributed by atoms with Crippen LogP contribution in [0.3, 0.4) is 0 Å². The summed E-state index contributed by atoms with van der Waals surface area (Å²) in [6, 6.07) is 3.80. The Morgan fingerprint density at radius 1 is 1.33 bits per heavy atom.